The fraction of sp³-hybridized carbons (Fsp3) is 1.00. The summed E-state index contributed by atoms with van der Waals surface area (Å²) in [5.74, 6) is 0.726. The summed E-state index contributed by atoms with van der Waals surface area (Å²) in [5, 5.41) is 0.0767. The van der Waals surface area contributed by atoms with E-state index >= 15 is 0 Å². The number of alkyl halides is 1. The summed E-state index contributed by atoms with van der Waals surface area (Å²) in [6.45, 7) is 3.97. The largest absolute Gasteiger partial charge is 0.379 e. The Kier molecular flexibility index (Phi) is 5.24. The first-order valence-corrected chi connectivity index (χ1v) is 6.59. The van der Waals surface area contributed by atoms with Crippen LogP contribution in [-0.2, 0) is 15.5 Å². The molecule has 0 saturated carbocycles. The van der Waals surface area contributed by atoms with Gasteiger partial charge >= 0.3 is 0 Å². The molecule has 1 aliphatic heterocycles. The molecule has 5 heteroatoms. The van der Waals surface area contributed by atoms with E-state index in [9.17, 15) is 4.21 Å². The van der Waals surface area contributed by atoms with Crippen LogP contribution >= 0.6 is 11.6 Å². The molecule has 13 heavy (non-hydrogen) atoms. The highest BCUT2D eigenvalue weighted by Crippen LogP contribution is 2.05. The molecule has 0 aromatic rings. The molecule has 2 unspecified atom stereocenters. The zero-order valence-corrected chi connectivity index (χ0v) is 9.44. The average molecular weight is 226 g/mol. The Balaban J connectivity index is 2.26. The molecule has 0 radical (unpaired) electrons. The second-order valence-corrected chi connectivity index (χ2v) is 5.42. The minimum atomic E-state index is -0.710. The summed E-state index contributed by atoms with van der Waals surface area (Å²) in [4.78, 5) is 2.21. The van der Waals surface area contributed by atoms with Crippen LogP contribution in [0.1, 0.15) is 0 Å². The van der Waals surface area contributed by atoms with Gasteiger partial charge in [0.2, 0.25) is 0 Å². The lowest BCUT2D eigenvalue weighted by atomic mass is 10.4. The van der Waals surface area contributed by atoms with Crippen LogP contribution in [0.25, 0.3) is 0 Å². The van der Waals surface area contributed by atoms with Gasteiger partial charge in [0.05, 0.1) is 18.6 Å². The molecular weight excluding hydrogens is 210 g/mol. The fourth-order valence-corrected chi connectivity index (χ4v) is 2.09. The van der Waals surface area contributed by atoms with Crippen LogP contribution in [0.3, 0.4) is 0 Å². The summed E-state index contributed by atoms with van der Waals surface area (Å²) >= 11 is 5.99. The van der Waals surface area contributed by atoms with Gasteiger partial charge in [-0.15, -0.1) is 11.6 Å². The maximum Gasteiger partial charge on any atom is 0.0696 e. The quantitative estimate of drug-likeness (QED) is 0.648. The summed E-state index contributed by atoms with van der Waals surface area (Å²) in [5.41, 5.74) is 0. The Morgan fingerprint density at radius 2 is 2.46 bits per heavy atom. The van der Waals surface area contributed by atoms with Crippen molar-refractivity contribution in [2.45, 2.75) is 5.38 Å². The minimum absolute atomic E-state index is 0.0767. The Morgan fingerprint density at radius 3 is 3.15 bits per heavy atom. The minimum Gasteiger partial charge on any atom is -0.379 e. The van der Waals surface area contributed by atoms with Crippen LogP contribution in [0.5, 0.6) is 0 Å². The van der Waals surface area contributed by atoms with E-state index in [-0.39, 0.29) is 5.38 Å². The maximum atomic E-state index is 10.9. The van der Waals surface area contributed by atoms with Crippen molar-refractivity contribution in [2.24, 2.45) is 0 Å². The average Bonchev–Trinajstić information content (AvgIpc) is 2.26. The highest BCUT2D eigenvalue weighted by molar-refractivity contribution is 7.84. The van der Waals surface area contributed by atoms with Crippen LogP contribution in [0, 0.1) is 0 Å². The zero-order chi connectivity index (χ0) is 9.68. The molecular formula is C8H16ClNO2S. The summed E-state index contributed by atoms with van der Waals surface area (Å²) < 4.78 is 16.2. The molecule has 0 N–H and O–H groups in total. The van der Waals surface area contributed by atoms with Gasteiger partial charge in [-0.1, -0.05) is 0 Å². The summed E-state index contributed by atoms with van der Waals surface area (Å²) in [6.07, 6.45) is 1.73. The standard InChI is InChI=1S/C8H16ClNO2S/c1-13(11)5-3-10-2-4-12-7-8(9)6-10/h8H,2-7H2,1H3. The molecule has 1 heterocycles. The number of rotatable bonds is 3. The number of hydrogen-bond acceptors (Lipinski definition) is 3. The van der Waals surface area contributed by atoms with Crippen molar-refractivity contribution in [1.29, 1.82) is 0 Å². The predicted molar refractivity (Wildman–Crippen MR) is 55.8 cm³/mol. The van der Waals surface area contributed by atoms with Gasteiger partial charge in [-0.05, 0) is 0 Å². The normalized spacial score (nSPS) is 28.3. The third kappa shape index (κ3) is 4.96. The second kappa shape index (κ2) is 5.96. The highest BCUT2D eigenvalue weighted by atomic mass is 35.5. The van der Waals surface area contributed by atoms with Crippen molar-refractivity contribution >= 4 is 22.4 Å². The van der Waals surface area contributed by atoms with Crippen LogP contribution in [0.2, 0.25) is 0 Å². The van der Waals surface area contributed by atoms with E-state index in [2.05, 4.69) is 4.90 Å². The first kappa shape index (κ1) is 11.4. The van der Waals surface area contributed by atoms with E-state index in [0.717, 1.165) is 32.0 Å². The Labute approximate surface area is 86.8 Å². The van der Waals surface area contributed by atoms with Crippen molar-refractivity contribution in [2.75, 3.05) is 44.9 Å². The third-order valence-electron chi connectivity index (χ3n) is 2.00. The molecule has 1 fully saturated rings. The third-order valence-corrected chi connectivity index (χ3v) is 3.02. The molecule has 0 bridgehead atoms. The van der Waals surface area contributed by atoms with Gasteiger partial charge in [-0.3, -0.25) is 9.11 Å². The molecule has 0 aliphatic carbocycles. The van der Waals surface area contributed by atoms with Crippen molar-refractivity contribution in [3.63, 3.8) is 0 Å². The van der Waals surface area contributed by atoms with E-state index in [4.69, 9.17) is 16.3 Å². The first-order chi connectivity index (χ1) is 6.18. The fourth-order valence-electron chi connectivity index (χ4n) is 1.29. The maximum absolute atomic E-state index is 10.9. The number of hydrogen-bond donors (Lipinski definition) is 0. The zero-order valence-electron chi connectivity index (χ0n) is 7.87. The number of halogens is 1. The lowest BCUT2D eigenvalue weighted by molar-refractivity contribution is 0.143. The van der Waals surface area contributed by atoms with Gasteiger partial charge in [-0.25, -0.2) is 0 Å². The van der Waals surface area contributed by atoms with Gasteiger partial charge in [0.25, 0.3) is 0 Å². The molecule has 1 saturated heterocycles. The molecule has 0 amide bonds. The SMILES string of the molecule is CS(=O)CCN1CCOCC(Cl)C1. The van der Waals surface area contributed by atoms with Crippen LogP contribution in [-0.4, -0.2) is 59.3 Å². The Morgan fingerprint density at radius 1 is 1.69 bits per heavy atom. The molecule has 0 spiro atoms. The van der Waals surface area contributed by atoms with Crippen molar-refractivity contribution < 1.29 is 8.95 Å². The molecule has 0 aromatic heterocycles. The Bertz CT molecular complexity index is 180. The Hall–Kier alpha value is 0.360. The number of ether oxygens (including phenoxy) is 1. The lowest BCUT2D eigenvalue weighted by Crippen LogP contribution is -2.33. The molecule has 1 aliphatic rings. The van der Waals surface area contributed by atoms with Gasteiger partial charge in [-0.2, -0.15) is 0 Å². The van der Waals surface area contributed by atoms with Gasteiger partial charge in [0.1, 0.15) is 0 Å². The van der Waals surface area contributed by atoms with Gasteiger partial charge < -0.3 is 4.74 Å². The molecule has 1 rings (SSSR count). The van der Waals surface area contributed by atoms with E-state index in [0.29, 0.717) is 6.61 Å². The second-order valence-electron chi connectivity index (χ2n) is 3.25. The summed E-state index contributed by atoms with van der Waals surface area (Å²) in [6, 6.07) is 0. The molecule has 2 atom stereocenters. The molecule has 0 aromatic carbocycles. The molecule has 3 nitrogen and oxygen atoms in total. The smallest absolute Gasteiger partial charge is 0.0696 e. The van der Waals surface area contributed by atoms with Crippen LogP contribution < -0.4 is 0 Å². The van der Waals surface area contributed by atoms with Crippen molar-refractivity contribution in [3.8, 4) is 0 Å². The van der Waals surface area contributed by atoms with E-state index < -0.39 is 10.8 Å². The lowest BCUT2D eigenvalue weighted by Gasteiger charge is -2.19. The van der Waals surface area contributed by atoms with E-state index in [1.54, 1.807) is 6.26 Å². The van der Waals surface area contributed by atoms with Gasteiger partial charge in [0, 0.05) is 42.4 Å². The van der Waals surface area contributed by atoms with Gasteiger partial charge in [0.15, 0.2) is 0 Å². The van der Waals surface area contributed by atoms with Crippen molar-refractivity contribution in [1.82, 2.24) is 4.90 Å². The van der Waals surface area contributed by atoms with Crippen LogP contribution in [0.15, 0.2) is 0 Å². The highest BCUT2D eigenvalue weighted by Gasteiger charge is 2.15. The first-order valence-electron chi connectivity index (χ1n) is 4.42. The topological polar surface area (TPSA) is 29.5 Å². The molecule has 78 valence electrons. The monoisotopic (exact) mass is 225 g/mol. The van der Waals surface area contributed by atoms with E-state index in [1.165, 1.54) is 0 Å². The van der Waals surface area contributed by atoms with Crippen molar-refractivity contribution in [3.05, 3.63) is 0 Å². The predicted octanol–water partition coefficient (Wildman–Crippen LogP) is 0.305. The van der Waals surface area contributed by atoms with E-state index in [1.807, 2.05) is 0 Å². The number of nitrogens with zero attached hydrogens (tertiary/aromatic N) is 1. The summed E-state index contributed by atoms with van der Waals surface area (Å²) in [7, 11) is -0.710. The van der Waals surface area contributed by atoms with Crippen LogP contribution in [0.4, 0.5) is 0 Å².